The van der Waals surface area contributed by atoms with Crippen molar-refractivity contribution in [3.05, 3.63) is 0 Å². The summed E-state index contributed by atoms with van der Waals surface area (Å²) in [6, 6.07) is 1.57. The SMILES string of the molecule is CCCNC1CCC(N2CCOC(C)(C)C2)CC1. The molecule has 0 bridgehead atoms. The highest BCUT2D eigenvalue weighted by Gasteiger charge is 2.33. The highest BCUT2D eigenvalue weighted by atomic mass is 16.5. The highest BCUT2D eigenvalue weighted by molar-refractivity contribution is 4.87. The molecule has 18 heavy (non-hydrogen) atoms. The van der Waals surface area contributed by atoms with Gasteiger partial charge in [0.05, 0.1) is 12.2 Å². The van der Waals surface area contributed by atoms with Gasteiger partial charge in [0.25, 0.3) is 0 Å². The maximum atomic E-state index is 5.81. The van der Waals surface area contributed by atoms with Gasteiger partial charge >= 0.3 is 0 Å². The van der Waals surface area contributed by atoms with Crippen LogP contribution in [0.5, 0.6) is 0 Å². The first-order valence-corrected chi connectivity index (χ1v) is 7.72. The molecule has 0 spiro atoms. The lowest BCUT2D eigenvalue weighted by molar-refractivity contribution is -0.101. The molecule has 0 aromatic rings. The van der Waals surface area contributed by atoms with Crippen LogP contribution in [0.3, 0.4) is 0 Å². The van der Waals surface area contributed by atoms with Crippen molar-refractivity contribution in [3.63, 3.8) is 0 Å². The standard InChI is InChI=1S/C15H30N2O/c1-4-9-16-13-5-7-14(8-6-13)17-10-11-18-15(2,3)12-17/h13-14,16H,4-12H2,1-3H3. The molecule has 1 aliphatic heterocycles. The lowest BCUT2D eigenvalue weighted by Gasteiger charge is -2.44. The highest BCUT2D eigenvalue weighted by Crippen LogP contribution is 2.27. The van der Waals surface area contributed by atoms with Crippen molar-refractivity contribution in [1.29, 1.82) is 0 Å². The number of nitrogens with zero attached hydrogens (tertiary/aromatic N) is 1. The van der Waals surface area contributed by atoms with E-state index in [4.69, 9.17) is 4.74 Å². The second-order valence-corrected chi connectivity index (χ2v) is 6.54. The van der Waals surface area contributed by atoms with E-state index in [2.05, 4.69) is 31.0 Å². The molecule has 0 radical (unpaired) electrons. The molecule has 0 aromatic carbocycles. The molecule has 0 aromatic heterocycles. The largest absolute Gasteiger partial charge is 0.373 e. The Hall–Kier alpha value is -0.120. The van der Waals surface area contributed by atoms with E-state index >= 15 is 0 Å². The van der Waals surface area contributed by atoms with Gasteiger partial charge in [-0.15, -0.1) is 0 Å². The van der Waals surface area contributed by atoms with Crippen molar-refractivity contribution in [2.45, 2.75) is 70.6 Å². The third-order valence-corrected chi connectivity index (χ3v) is 4.35. The Labute approximate surface area is 112 Å². The Bertz CT molecular complexity index is 247. The van der Waals surface area contributed by atoms with Crippen LogP contribution in [0.15, 0.2) is 0 Å². The molecule has 1 saturated heterocycles. The Kier molecular flexibility index (Phi) is 5.05. The van der Waals surface area contributed by atoms with Gasteiger partial charge in [-0.05, 0) is 52.5 Å². The van der Waals surface area contributed by atoms with Gasteiger partial charge in [-0.25, -0.2) is 0 Å². The second kappa shape index (κ2) is 6.36. The predicted octanol–water partition coefficient (Wildman–Crippen LogP) is 2.41. The van der Waals surface area contributed by atoms with Gasteiger partial charge in [-0.2, -0.15) is 0 Å². The van der Waals surface area contributed by atoms with Gasteiger partial charge in [0.15, 0.2) is 0 Å². The fourth-order valence-corrected chi connectivity index (χ4v) is 3.36. The van der Waals surface area contributed by atoms with E-state index in [1.54, 1.807) is 0 Å². The van der Waals surface area contributed by atoms with Crippen molar-refractivity contribution >= 4 is 0 Å². The quantitative estimate of drug-likeness (QED) is 0.834. The molecule has 3 nitrogen and oxygen atoms in total. The van der Waals surface area contributed by atoms with Crippen LogP contribution in [0.25, 0.3) is 0 Å². The van der Waals surface area contributed by atoms with E-state index in [0.717, 1.165) is 31.8 Å². The van der Waals surface area contributed by atoms with Gasteiger partial charge < -0.3 is 10.1 Å². The summed E-state index contributed by atoms with van der Waals surface area (Å²) >= 11 is 0. The van der Waals surface area contributed by atoms with E-state index in [0.29, 0.717) is 0 Å². The molecule has 2 aliphatic rings. The summed E-state index contributed by atoms with van der Waals surface area (Å²) < 4.78 is 5.81. The normalized spacial score (nSPS) is 33.5. The molecular weight excluding hydrogens is 224 g/mol. The number of nitrogens with one attached hydrogen (secondary N) is 1. The molecule has 106 valence electrons. The van der Waals surface area contributed by atoms with E-state index in [1.165, 1.54) is 38.6 Å². The zero-order valence-electron chi connectivity index (χ0n) is 12.4. The summed E-state index contributed by atoms with van der Waals surface area (Å²) in [4.78, 5) is 2.67. The summed E-state index contributed by atoms with van der Waals surface area (Å²) in [6.45, 7) is 11.0. The Balaban J connectivity index is 1.75. The summed E-state index contributed by atoms with van der Waals surface area (Å²) in [5, 5.41) is 3.67. The Morgan fingerprint density at radius 1 is 1.22 bits per heavy atom. The second-order valence-electron chi connectivity index (χ2n) is 6.54. The zero-order valence-corrected chi connectivity index (χ0v) is 12.4. The van der Waals surface area contributed by atoms with Crippen molar-refractivity contribution in [3.8, 4) is 0 Å². The van der Waals surface area contributed by atoms with Crippen molar-refractivity contribution in [1.82, 2.24) is 10.2 Å². The fraction of sp³-hybridized carbons (Fsp3) is 1.00. The molecule has 0 unspecified atom stereocenters. The minimum atomic E-state index is 0.0511. The molecule has 1 N–H and O–H groups in total. The van der Waals surface area contributed by atoms with E-state index in [9.17, 15) is 0 Å². The van der Waals surface area contributed by atoms with E-state index < -0.39 is 0 Å². The van der Waals surface area contributed by atoms with Gasteiger partial charge in [0.1, 0.15) is 0 Å². The lowest BCUT2D eigenvalue weighted by atomic mass is 9.89. The average molecular weight is 254 g/mol. The maximum absolute atomic E-state index is 5.81. The minimum Gasteiger partial charge on any atom is -0.373 e. The Morgan fingerprint density at radius 2 is 1.94 bits per heavy atom. The number of rotatable bonds is 4. The summed E-state index contributed by atoms with van der Waals surface area (Å²) in [5.41, 5.74) is 0.0511. The van der Waals surface area contributed by atoms with Crippen molar-refractivity contribution in [2.24, 2.45) is 0 Å². The van der Waals surface area contributed by atoms with Gasteiger partial charge in [-0.3, -0.25) is 4.90 Å². The van der Waals surface area contributed by atoms with Crippen LogP contribution in [0.1, 0.15) is 52.9 Å². The van der Waals surface area contributed by atoms with Crippen LogP contribution >= 0.6 is 0 Å². The van der Waals surface area contributed by atoms with Gasteiger partial charge in [-0.1, -0.05) is 6.92 Å². The van der Waals surface area contributed by atoms with Crippen LogP contribution in [0.2, 0.25) is 0 Å². The van der Waals surface area contributed by atoms with E-state index in [1.807, 2.05) is 0 Å². The summed E-state index contributed by atoms with van der Waals surface area (Å²) in [5.74, 6) is 0. The molecule has 1 aliphatic carbocycles. The molecule has 0 atom stereocenters. The smallest absolute Gasteiger partial charge is 0.0753 e. The van der Waals surface area contributed by atoms with Crippen molar-refractivity contribution in [2.75, 3.05) is 26.2 Å². The lowest BCUT2D eigenvalue weighted by Crippen LogP contribution is -2.53. The van der Waals surface area contributed by atoms with Gasteiger partial charge in [0.2, 0.25) is 0 Å². The van der Waals surface area contributed by atoms with Crippen LogP contribution in [-0.4, -0.2) is 48.8 Å². The van der Waals surface area contributed by atoms with E-state index in [-0.39, 0.29) is 5.60 Å². The first kappa shape index (κ1) is 14.3. The predicted molar refractivity (Wildman–Crippen MR) is 75.9 cm³/mol. The monoisotopic (exact) mass is 254 g/mol. The molecule has 3 heteroatoms. The van der Waals surface area contributed by atoms with Crippen LogP contribution < -0.4 is 5.32 Å². The molecule has 1 heterocycles. The number of ether oxygens (including phenoxy) is 1. The number of hydrogen-bond donors (Lipinski definition) is 1. The topological polar surface area (TPSA) is 24.5 Å². The van der Waals surface area contributed by atoms with Crippen LogP contribution in [-0.2, 0) is 4.74 Å². The summed E-state index contributed by atoms with van der Waals surface area (Å²) in [6.07, 6.45) is 6.66. The third-order valence-electron chi connectivity index (χ3n) is 4.35. The zero-order chi connectivity index (χ0) is 13.0. The van der Waals surface area contributed by atoms with Crippen LogP contribution in [0.4, 0.5) is 0 Å². The van der Waals surface area contributed by atoms with Gasteiger partial charge in [0, 0.05) is 25.2 Å². The first-order valence-electron chi connectivity index (χ1n) is 7.72. The molecule has 2 fully saturated rings. The van der Waals surface area contributed by atoms with Crippen LogP contribution in [0, 0.1) is 0 Å². The fourth-order valence-electron chi connectivity index (χ4n) is 3.36. The van der Waals surface area contributed by atoms with Crippen molar-refractivity contribution < 1.29 is 4.74 Å². The molecule has 2 rings (SSSR count). The third kappa shape index (κ3) is 3.94. The molecule has 0 amide bonds. The minimum absolute atomic E-state index is 0.0511. The Morgan fingerprint density at radius 3 is 2.56 bits per heavy atom. The maximum Gasteiger partial charge on any atom is 0.0753 e. The molecule has 1 saturated carbocycles. The number of morpholine rings is 1. The molecular formula is C15H30N2O. The average Bonchev–Trinajstić information content (AvgIpc) is 2.36. The summed E-state index contributed by atoms with van der Waals surface area (Å²) in [7, 11) is 0. The number of hydrogen-bond acceptors (Lipinski definition) is 3. The first-order chi connectivity index (χ1) is 8.61.